The first-order valence-corrected chi connectivity index (χ1v) is 13.2. The average Bonchev–Trinajstić information content (AvgIpc) is 3.21. The Balaban J connectivity index is 1.74. The minimum atomic E-state index is -3.73. The van der Waals surface area contributed by atoms with Crippen molar-refractivity contribution in [2.24, 2.45) is 5.92 Å². The predicted octanol–water partition coefficient (Wildman–Crippen LogP) is 2.49. The van der Waals surface area contributed by atoms with Crippen molar-refractivity contribution in [3.05, 3.63) is 51.7 Å². The summed E-state index contributed by atoms with van der Waals surface area (Å²) < 4.78 is 32.5. The number of rotatable bonds is 8. The number of hydrogen-bond donors (Lipinski definition) is 1. The van der Waals surface area contributed by atoms with E-state index < -0.39 is 22.0 Å². The van der Waals surface area contributed by atoms with Gasteiger partial charge in [0, 0.05) is 30.6 Å². The lowest BCUT2D eigenvalue weighted by atomic mass is 10.0. The molecule has 1 aliphatic heterocycles. The summed E-state index contributed by atoms with van der Waals surface area (Å²) in [6.45, 7) is 7.45. The lowest BCUT2D eigenvalue weighted by Crippen LogP contribution is -2.50. The SMILES string of the molecule is Cc1ccsc1CN(C)C(=O)[C@@H](NC(=O)c1cccc(S(=O)(=O)N2CCOCC2)c1)C(C)C. The van der Waals surface area contributed by atoms with Gasteiger partial charge >= 0.3 is 0 Å². The van der Waals surface area contributed by atoms with Crippen LogP contribution in [0.5, 0.6) is 0 Å². The van der Waals surface area contributed by atoms with Crippen molar-refractivity contribution in [1.29, 1.82) is 0 Å². The summed E-state index contributed by atoms with van der Waals surface area (Å²) >= 11 is 1.59. The van der Waals surface area contributed by atoms with Crippen molar-refractivity contribution in [1.82, 2.24) is 14.5 Å². The standard InChI is InChI=1S/C23H31N3O5S2/c1-16(2)21(23(28)25(4)15-20-17(3)8-13-32-20)24-22(27)18-6-5-7-19(14-18)33(29,30)26-9-11-31-12-10-26/h5-8,13-14,16,21H,9-12,15H2,1-4H3,(H,24,27)/t21-/m0/s1. The molecule has 2 heterocycles. The van der Waals surface area contributed by atoms with Crippen LogP contribution in [0.2, 0.25) is 0 Å². The van der Waals surface area contributed by atoms with Crippen LogP contribution in [0.1, 0.15) is 34.6 Å². The van der Waals surface area contributed by atoms with Gasteiger partial charge in [-0.15, -0.1) is 11.3 Å². The number of benzene rings is 1. The molecule has 0 bridgehead atoms. The minimum absolute atomic E-state index is 0.0507. The third-order valence-corrected chi connectivity index (χ3v) is 8.55. The number of amides is 2. The van der Waals surface area contributed by atoms with Gasteiger partial charge in [-0.1, -0.05) is 19.9 Å². The molecule has 1 fully saturated rings. The fourth-order valence-electron chi connectivity index (χ4n) is 3.57. The van der Waals surface area contributed by atoms with Gasteiger partial charge in [0.25, 0.3) is 5.91 Å². The molecule has 1 N–H and O–H groups in total. The normalized spacial score (nSPS) is 15.9. The molecule has 8 nitrogen and oxygen atoms in total. The molecule has 3 rings (SSSR count). The van der Waals surface area contributed by atoms with Gasteiger partial charge < -0.3 is 15.0 Å². The Labute approximate surface area is 199 Å². The van der Waals surface area contributed by atoms with Crippen LogP contribution in [-0.2, 0) is 26.1 Å². The van der Waals surface area contributed by atoms with E-state index in [0.717, 1.165) is 10.4 Å². The summed E-state index contributed by atoms with van der Waals surface area (Å²) in [5.41, 5.74) is 1.32. The zero-order valence-electron chi connectivity index (χ0n) is 19.4. The zero-order valence-corrected chi connectivity index (χ0v) is 21.0. The van der Waals surface area contributed by atoms with Crippen molar-refractivity contribution in [2.75, 3.05) is 33.4 Å². The topological polar surface area (TPSA) is 96.0 Å². The Hall–Kier alpha value is -2.27. The number of aryl methyl sites for hydroxylation is 1. The molecule has 33 heavy (non-hydrogen) atoms. The van der Waals surface area contributed by atoms with E-state index in [1.807, 2.05) is 32.2 Å². The van der Waals surface area contributed by atoms with E-state index in [1.165, 1.54) is 16.4 Å². The number of nitrogens with one attached hydrogen (secondary N) is 1. The molecule has 1 aromatic heterocycles. The van der Waals surface area contributed by atoms with Crippen LogP contribution in [0.3, 0.4) is 0 Å². The molecular weight excluding hydrogens is 462 g/mol. The zero-order chi connectivity index (χ0) is 24.2. The van der Waals surface area contributed by atoms with Crippen molar-refractivity contribution < 1.29 is 22.7 Å². The Morgan fingerprint density at radius 2 is 1.91 bits per heavy atom. The molecule has 1 atom stereocenters. The molecule has 1 aliphatic rings. The largest absolute Gasteiger partial charge is 0.379 e. The van der Waals surface area contributed by atoms with Gasteiger partial charge in [-0.25, -0.2) is 8.42 Å². The van der Waals surface area contributed by atoms with Gasteiger partial charge in [0.2, 0.25) is 15.9 Å². The maximum absolute atomic E-state index is 13.1. The van der Waals surface area contributed by atoms with E-state index in [2.05, 4.69) is 5.32 Å². The van der Waals surface area contributed by atoms with Crippen LogP contribution >= 0.6 is 11.3 Å². The molecule has 0 saturated carbocycles. The summed E-state index contributed by atoms with van der Waals surface area (Å²) in [5, 5.41) is 4.80. The highest BCUT2D eigenvalue weighted by atomic mass is 32.2. The minimum Gasteiger partial charge on any atom is -0.379 e. The average molecular weight is 494 g/mol. The molecule has 0 radical (unpaired) electrons. The highest BCUT2D eigenvalue weighted by Gasteiger charge is 2.30. The Morgan fingerprint density at radius 3 is 2.52 bits per heavy atom. The fraction of sp³-hybridized carbons (Fsp3) is 0.478. The first kappa shape index (κ1) is 25.4. The van der Waals surface area contributed by atoms with E-state index in [9.17, 15) is 18.0 Å². The Bertz CT molecular complexity index is 1090. The molecule has 0 aliphatic carbocycles. The van der Waals surface area contributed by atoms with Gasteiger partial charge in [-0.3, -0.25) is 9.59 Å². The summed E-state index contributed by atoms with van der Waals surface area (Å²) in [6, 6.07) is 7.21. The van der Waals surface area contributed by atoms with E-state index in [0.29, 0.717) is 19.8 Å². The second-order valence-electron chi connectivity index (χ2n) is 8.46. The maximum Gasteiger partial charge on any atom is 0.251 e. The molecule has 2 amide bonds. The molecule has 1 aromatic carbocycles. The number of ether oxygens (including phenoxy) is 1. The molecule has 10 heteroatoms. The fourth-order valence-corrected chi connectivity index (χ4v) is 5.98. The van der Waals surface area contributed by atoms with Gasteiger partial charge in [0.15, 0.2) is 0 Å². The number of carbonyl (C=O) groups is 2. The van der Waals surface area contributed by atoms with Crippen molar-refractivity contribution in [3.63, 3.8) is 0 Å². The summed E-state index contributed by atoms with van der Waals surface area (Å²) in [7, 11) is -2.01. The smallest absolute Gasteiger partial charge is 0.251 e. The molecule has 0 unspecified atom stereocenters. The van der Waals surface area contributed by atoms with Crippen LogP contribution in [-0.4, -0.2) is 68.8 Å². The number of likely N-dealkylation sites (N-methyl/N-ethyl adjacent to an activating group) is 1. The Kier molecular flexibility index (Phi) is 8.28. The van der Waals surface area contributed by atoms with E-state index in [-0.39, 0.29) is 35.4 Å². The van der Waals surface area contributed by atoms with Crippen LogP contribution in [0.15, 0.2) is 40.6 Å². The molecule has 2 aromatic rings. The number of sulfonamides is 1. The van der Waals surface area contributed by atoms with Crippen LogP contribution < -0.4 is 5.32 Å². The second kappa shape index (κ2) is 10.8. The lowest BCUT2D eigenvalue weighted by molar-refractivity contribution is -0.133. The monoisotopic (exact) mass is 493 g/mol. The number of carbonyl (C=O) groups excluding carboxylic acids is 2. The highest BCUT2D eigenvalue weighted by Crippen LogP contribution is 2.20. The molecular formula is C23H31N3O5S2. The summed E-state index contributed by atoms with van der Waals surface area (Å²) in [4.78, 5) is 28.9. The number of morpholine rings is 1. The first-order chi connectivity index (χ1) is 15.6. The van der Waals surface area contributed by atoms with Crippen LogP contribution in [0.4, 0.5) is 0 Å². The van der Waals surface area contributed by atoms with E-state index in [4.69, 9.17) is 4.74 Å². The van der Waals surface area contributed by atoms with E-state index in [1.54, 1.807) is 35.4 Å². The van der Waals surface area contributed by atoms with Gasteiger partial charge in [0.1, 0.15) is 6.04 Å². The van der Waals surface area contributed by atoms with Crippen LogP contribution in [0.25, 0.3) is 0 Å². The van der Waals surface area contributed by atoms with Gasteiger partial charge in [0.05, 0.1) is 24.7 Å². The maximum atomic E-state index is 13.1. The third-order valence-electron chi connectivity index (χ3n) is 5.65. The third kappa shape index (κ3) is 6.00. The highest BCUT2D eigenvalue weighted by molar-refractivity contribution is 7.89. The second-order valence-corrected chi connectivity index (χ2v) is 11.4. The number of thiophene rings is 1. The van der Waals surface area contributed by atoms with E-state index >= 15 is 0 Å². The lowest BCUT2D eigenvalue weighted by Gasteiger charge is -2.27. The molecule has 0 spiro atoms. The number of nitrogens with zero attached hydrogens (tertiary/aromatic N) is 2. The summed E-state index contributed by atoms with van der Waals surface area (Å²) in [6.07, 6.45) is 0. The molecule has 1 saturated heterocycles. The number of hydrogen-bond acceptors (Lipinski definition) is 6. The molecule has 180 valence electrons. The van der Waals surface area contributed by atoms with Crippen molar-refractivity contribution in [2.45, 2.75) is 38.3 Å². The van der Waals surface area contributed by atoms with Crippen molar-refractivity contribution in [3.8, 4) is 0 Å². The first-order valence-electron chi connectivity index (χ1n) is 10.9. The quantitative estimate of drug-likeness (QED) is 0.610. The predicted molar refractivity (Wildman–Crippen MR) is 128 cm³/mol. The van der Waals surface area contributed by atoms with Gasteiger partial charge in [-0.05, 0) is 48.1 Å². The van der Waals surface area contributed by atoms with Crippen LogP contribution in [0, 0.1) is 12.8 Å². The van der Waals surface area contributed by atoms with Gasteiger partial charge in [-0.2, -0.15) is 4.31 Å². The summed E-state index contributed by atoms with van der Waals surface area (Å²) in [5.74, 6) is -0.821. The van der Waals surface area contributed by atoms with Crippen molar-refractivity contribution >= 4 is 33.2 Å². The Morgan fingerprint density at radius 1 is 1.21 bits per heavy atom.